The number of aromatic nitrogens is 1. The van der Waals surface area contributed by atoms with Crippen LogP contribution in [0.3, 0.4) is 0 Å². The lowest BCUT2D eigenvalue weighted by molar-refractivity contribution is -0.384. The van der Waals surface area contributed by atoms with Crippen molar-refractivity contribution in [1.82, 2.24) is 4.57 Å². The molecule has 0 aliphatic carbocycles. The van der Waals surface area contributed by atoms with Gasteiger partial charge in [0.1, 0.15) is 11.5 Å². The number of rotatable bonds is 7. The zero-order valence-electron chi connectivity index (χ0n) is 23.2. The number of hydrogen-bond donors (Lipinski definition) is 0. The molecule has 210 valence electrons. The van der Waals surface area contributed by atoms with Gasteiger partial charge in [-0.3, -0.25) is 19.5 Å². The Morgan fingerprint density at radius 3 is 2.56 bits per heavy atom. The Balaban J connectivity index is 1.62. The third-order valence-corrected chi connectivity index (χ3v) is 7.82. The molecule has 11 heteroatoms. The number of esters is 1. The summed E-state index contributed by atoms with van der Waals surface area (Å²) in [4.78, 5) is 44.8. The van der Waals surface area contributed by atoms with E-state index in [1.807, 2.05) is 50.2 Å². The molecular formula is C30H28N4O6S. The topological polar surface area (TPSA) is 120 Å². The SMILES string of the molecule is CCOC(=O)C1=C(C)N=c2s/c(=C\c3ccc(-c4cc([N+](=O)[O-])ccc4C)o3)c(=O)n2C1c1ccc(N(C)C)cc1. The first-order valence-corrected chi connectivity index (χ1v) is 13.7. The van der Waals surface area contributed by atoms with Crippen LogP contribution in [0.2, 0.25) is 0 Å². The van der Waals surface area contributed by atoms with Gasteiger partial charge in [-0.1, -0.05) is 29.5 Å². The first kappa shape index (κ1) is 27.8. The van der Waals surface area contributed by atoms with Crippen molar-refractivity contribution in [3.8, 4) is 11.3 Å². The number of nitrogens with zero attached hydrogens (tertiary/aromatic N) is 4. The Hall–Kier alpha value is -4.77. The molecule has 0 saturated carbocycles. The van der Waals surface area contributed by atoms with E-state index >= 15 is 0 Å². The fourth-order valence-corrected chi connectivity index (χ4v) is 5.78. The zero-order valence-corrected chi connectivity index (χ0v) is 24.0. The Bertz CT molecular complexity index is 1880. The number of anilines is 1. The van der Waals surface area contributed by atoms with Crippen molar-refractivity contribution in [3.63, 3.8) is 0 Å². The third kappa shape index (κ3) is 5.23. The predicted molar refractivity (Wildman–Crippen MR) is 157 cm³/mol. The maximum atomic E-state index is 13.8. The van der Waals surface area contributed by atoms with Crippen molar-refractivity contribution in [3.05, 3.63) is 113 Å². The van der Waals surface area contributed by atoms with Crippen LogP contribution in [0.4, 0.5) is 11.4 Å². The molecular weight excluding hydrogens is 544 g/mol. The molecule has 0 bridgehead atoms. The lowest BCUT2D eigenvalue weighted by Crippen LogP contribution is -2.39. The highest BCUT2D eigenvalue weighted by atomic mass is 32.1. The van der Waals surface area contributed by atoms with Crippen molar-refractivity contribution in [2.75, 3.05) is 25.6 Å². The number of carbonyl (C=O) groups is 1. The number of nitro groups is 1. The van der Waals surface area contributed by atoms with Crippen LogP contribution in [-0.2, 0) is 9.53 Å². The summed E-state index contributed by atoms with van der Waals surface area (Å²) in [5, 5.41) is 11.3. The number of benzene rings is 2. The summed E-state index contributed by atoms with van der Waals surface area (Å²) >= 11 is 1.19. The molecule has 41 heavy (non-hydrogen) atoms. The Labute approximate surface area is 239 Å². The number of fused-ring (bicyclic) bond motifs is 1. The standard InChI is InChI=1S/C30H28N4O6S/c1-6-39-29(36)26-18(3)31-30-33(27(26)19-8-11-20(12-9-19)32(4)5)28(35)25(41-30)16-22-13-14-24(40-22)23-15-21(34(37)38)10-7-17(23)2/h7-16,27H,6H2,1-5H3/b25-16-. The summed E-state index contributed by atoms with van der Waals surface area (Å²) in [6, 6.07) is 14.9. The number of furan rings is 1. The van der Waals surface area contributed by atoms with Crippen molar-refractivity contribution in [1.29, 1.82) is 0 Å². The summed E-state index contributed by atoms with van der Waals surface area (Å²) in [6.45, 7) is 5.51. The predicted octanol–water partition coefficient (Wildman–Crippen LogP) is 4.34. The van der Waals surface area contributed by atoms with E-state index in [4.69, 9.17) is 9.15 Å². The molecule has 1 aliphatic rings. The molecule has 0 radical (unpaired) electrons. The van der Waals surface area contributed by atoms with Crippen molar-refractivity contribution in [2.45, 2.75) is 26.8 Å². The van der Waals surface area contributed by atoms with Gasteiger partial charge in [0.25, 0.3) is 11.2 Å². The molecule has 2 aromatic carbocycles. The number of carbonyl (C=O) groups excluding carboxylic acids is 1. The normalized spacial score (nSPS) is 15.0. The number of thiazole rings is 1. The molecule has 1 aliphatic heterocycles. The minimum atomic E-state index is -0.719. The maximum Gasteiger partial charge on any atom is 0.338 e. The van der Waals surface area contributed by atoms with E-state index < -0.39 is 16.9 Å². The summed E-state index contributed by atoms with van der Waals surface area (Å²) in [5.74, 6) is 0.335. The molecule has 3 heterocycles. The lowest BCUT2D eigenvalue weighted by Gasteiger charge is -2.25. The van der Waals surface area contributed by atoms with E-state index in [9.17, 15) is 19.7 Å². The Morgan fingerprint density at radius 1 is 1.17 bits per heavy atom. The number of non-ortho nitro benzene ring substituents is 1. The van der Waals surface area contributed by atoms with Gasteiger partial charge in [-0.2, -0.15) is 0 Å². The fraction of sp³-hybridized carbons (Fsp3) is 0.233. The second-order valence-corrected chi connectivity index (χ2v) is 10.8. The van der Waals surface area contributed by atoms with Gasteiger partial charge in [0.05, 0.1) is 33.4 Å². The van der Waals surface area contributed by atoms with Crippen LogP contribution >= 0.6 is 11.3 Å². The van der Waals surface area contributed by atoms with E-state index in [2.05, 4.69) is 4.99 Å². The number of aryl methyl sites for hydroxylation is 1. The first-order valence-electron chi connectivity index (χ1n) is 12.9. The summed E-state index contributed by atoms with van der Waals surface area (Å²) in [7, 11) is 3.87. The van der Waals surface area contributed by atoms with Crippen LogP contribution in [-0.4, -0.2) is 36.2 Å². The van der Waals surface area contributed by atoms with E-state index in [0.717, 1.165) is 16.8 Å². The molecule has 0 spiro atoms. The monoisotopic (exact) mass is 572 g/mol. The average molecular weight is 573 g/mol. The second kappa shape index (κ2) is 11.0. The largest absolute Gasteiger partial charge is 0.463 e. The van der Waals surface area contributed by atoms with Gasteiger partial charge in [0.15, 0.2) is 4.80 Å². The van der Waals surface area contributed by atoms with Gasteiger partial charge in [-0.05, 0) is 56.2 Å². The van der Waals surface area contributed by atoms with Crippen LogP contribution in [0.15, 0.2) is 80.1 Å². The highest BCUT2D eigenvalue weighted by Gasteiger charge is 2.33. The third-order valence-electron chi connectivity index (χ3n) is 6.84. The molecule has 4 aromatic rings. The summed E-state index contributed by atoms with van der Waals surface area (Å²) < 4.78 is 13.2. The van der Waals surface area contributed by atoms with E-state index in [-0.39, 0.29) is 17.9 Å². The second-order valence-electron chi connectivity index (χ2n) is 9.75. The van der Waals surface area contributed by atoms with E-state index in [1.165, 1.54) is 28.0 Å². The number of hydrogen-bond acceptors (Lipinski definition) is 9. The molecule has 1 unspecified atom stereocenters. The quantitative estimate of drug-likeness (QED) is 0.184. The van der Waals surface area contributed by atoms with Crippen LogP contribution in [0.25, 0.3) is 17.4 Å². The molecule has 2 aromatic heterocycles. The first-order chi connectivity index (χ1) is 19.6. The molecule has 0 amide bonds. The van der Waals surface area contributed by atoms with Crippen LogP contribution in [0.5, 0.6) is 0 Å². The lowest BCUT2D eigenvalue weighted by atomic mass is 9.95. The van der Waals surface area contributed by atoms with E-state index in [0.29, 0.717) is 37.7 Å². The highest BCUT2D eigenvalue weighted by molar-refractivity contribution is 7.07. The zero-order chi connectivity index (χ0) is 29.4. The number of ether oxygens (including phenoxy) is 1. The highest BCUT2D eigenvalue weighted by Crippen LogP contribution is 2.32. The molecule has 0 fully saturated rings. The van der Waals surface area contributed by atoms with Gasteiger partial charge < -0.3 is 14.1 Å². The molecule has 5 rings (SSSR count). The number of nitro benzene ring substituents is 1. The number of allylic oxidation sites excluding steroid dienone is 1. The minimum absolute atomic E-state index is 0.0387. The Kier molecular flexibility index (Phi) is 7.46. The molecule has 0 saturated heterocycles. The smallest absolute Gasteiger partial charge is 0.338 e. The van der Waals surface area contributed by atoms with E-state index in [1.54, 1.807) is 38.1 Å². The molecule has 1 atom stereocenters. The molecule has 0 N–H and O–H groups in total. The Morgan fingerprint density at radius 2 is 1.90 bits per heavy atom. The summed E-state index contributed by atoms with van der Waals surface area (Å²) in [5.41, 5.74) is 3.57. The van der Waals surface area contributed by atoms with Gasteiger partial charge in [-0.25, -0.2) is 9.79 Å². The van der Waals surface area contributed by atoms with Crippen molar-refractivity contribution >= 4 is 34.8 Å². The minimum Gasteiger partial charge on any atom is -0.463 e. The van der Waals surface area contributed by atoms with Gasteiger partial charge in [0, 0.05) is 43.6 Å². The van der Waals surface area contributed by atoms with Crippen LogP contribution in [0.1, 0.15) is 36.8 Å². The van der Waals surface area contributed by atoms with Gasteiger partial charge >= 0.3 is 5.97 Å². The van der Waals surface area contributed by atoms with Gasteiger partial charge in [0.2, 0.25) is 0 Å². The summed E-state index contributed by atoms with van der Waals surface area (Å²) in [6.07, 6.45) is 1.62. The van der Waals surface area contributed by atoms with Crippen LogP contribution < -0.4 is 19.8 Å². The molecule has 10 nitrogen and oxygen atoms in total. The maximum absolute atomic E-state index is 13.8. The van der Waals surface area contributed by atoms with Crippen molar-refractivity contribution in [2.24, 2.45) is 4.99 Å². The van der Waals surface area contributed by atoms with Crippen molar-refractivity contribution < 1.29 is 18.9 Å². The fourth-order valence-electron chi connectivity index (χ4n) is 4.76. The van der Waals surface area contributed by atoms with Gasteiger partial charge in [-0.15, -0.1) is 0 Å². The average Bonchev–Trinajstić information content (AvgIpc) is 3.52. The van der Waals surface area contributed by atoms with Crippen LogP contribution in [0, 0.1) is 17.0 Å².